The molecule has 1 amide bonds. The zero-order valence-electron chi connectivity index (χ0n) is 22.2. The first-order valence-electron chi connectivity index (χ1n) is 11.3. The molecule has 3 unspecified atom stereocenters. The van der Waals surface area contributed by atoms with E-state index in [1.807, 2.05) is 6.92 Å². The largest absolute Gasteiger partial charge is 0.389 e. The lowest BCUT2D eigenvalue weighted by atomic mass is 9.29. The van der Waals surface area contributed by atoms with Gasteiger partial charge in [-0.3, -0.25) is 4.79 Å². The number of aryl methyl sites for hydroxylation is 1. The van der Waals surface area contributed by atoms with Gasteiger partial charge in [-0.25, -0.2) is 4.98 Å². The number of nitrogens with two attached hydrogens (primary N) is 1. The number of anilines is 1. The molecule has 1 saturated carbocycles. The number of primary amides is 1. The van der Waals surface area contributed by atoms with Crippen molar-refractivity contribution < 1.29 is 9.90 Å². The molecule has 6 nitrogen and oxygen atoms in total. The summed E-state index contributed by atoms with van der Waals surface area (Å²) in [5.41, 5.74) is 2.37. The highest BCUT2D eigenvalue weighted by Gasteiger charge is 2.78. The molecule has 32 heavy (non-hydrogen) atoms. The van der Waals surface area contributed by atoms with Crippen molar-refractivity contribution in [2.75, 3.05) is 5.32 Å². The molecular weight excluding hydrogens is 424 g/mol. The molecule has 1 heterocycles. The molecule has 1 aromatic rings. The minimum Gasteiger partial charge on any atom is -0.389 e. The summed E-state index contributed by atoms with van der Waals surface area (Å²) in [6.45, 7) is 27.6. The summed E-state index contributed by atoms with van der Waals surface area (Å²) in [5.74, 6) is -0.327. The van der Waals surface area contributed by atoms with Gasteiger partial charge in [-0.15, -0.1) is 0 Å². The second-order valence-electron chi connectivity index (χ2n) is 12.7. The summed E-state index contributed by atoms with van der Waals surface area (Å²) in [5, 5.41) is 16.0. The van der Waals surface area contributed by atoms with Crippen molar-refractivity contribution in [2.24, 2.45) is 32.8 Å². The highest BCUT2D eigenvalue weighted by molar-refractivity contribution is 6.28. The summed E-state index contributed by atoms with van der Waals surface area (Å²) in [6.07, 6.45) is 0. The minimum atomic E-state index is -1.11. The van der Waals surface area contributed by atoms with Gasteiger partial charge in [0, 0.05) is 16.4 Å². The summed E-state index contributed by atoms with van der Waals surface area (Å²) < 4.78 is 0. The summed E-state index contributed by atoms with van der Waals surface area (Å²) >= 11 is 6.19. The van der Waals surface area contributed by atoms with Crippen molar-refractivity contribution in [1.29, 1.82) is 0 Å². The molecule has 3 atom stereocenters. The van der Waals surface area contributed by atoms with E-state index in [1.54, 1.807) is 6.92 Å². The van der Waals surface area contributed by atoms with Crippen molar-refractivity contribution in [1.82, 2.24) is 9.97 Å². The lowest BCUT2D eigenvalue weighted by molar-refractivity contribution is -0.322. The van der Waals surface area contributed by atoms with Crippen LogP contribution in [-0.4, -0.2) is 32.1 Å². The average molecular weight is 467 g/mol. The maximum absolute atomic E-state index is 12.4. The zero-order chi connectivity index (χ0) is 25.5. The van der Waals surface area contributed by atoms with E-state index < -0.39 is 33.3 Å². The number of rotatable bonds is 3. The van der Waals surface area contributed by atoms with E-state index in [0.29, 0.717) is 11.5 Å². The molecule has 2 rings (SSSR count). The second kappa shape index (κ2) is 7.05. The van der Waals surface area contributed by atoms with Gasteiger partial charge in [-0.05, 0) is 48.6 Å². The molecule has 4 N–H and O–H groups in total. The zero-order valence-corrected chi connectivity index (χ0v) is 23.0. The van der Waals surface area contributed by atoms with E-state index in [4.69, 9.17) is 17.3 Å². The van der Waals surface area contributed by atoms with Crippen molar-refractivity contribution in [3.8, 4) is 0 Å². The summed E-state index contributed by atoms with van der Waals surface area (Å²) in [7, 11) is 0. The van der Waals surface area contributed by atoms with E-state index >= 15 is 0 Å². The molecule has 0 aliphatic heterocycles. The van der Waals surface area contributed by atoms with Gasteiger partial charge in [0.2, 0.25) is 5.28 Å². The Labute approximate surface area is 199 Å². The maximum atomic E-state index is 12.4. The Morgan fingerprint density at radius 3 is 1.81 bits per heavy atom. The van der Waals surface area contributed by atoms with Gasteiger partial charge in [0.25, 0.3) is 5.91 Å². The molecule has 1 fully saturated rings. The van der Waals surface area contributed by atoms with E-state index in [1.165, 1.54) is 0 Å². The Morgan fingerprint density at radius 1 is 0.938 bits per heavy atom. The first-order chi connectivity index (χ1) is 14.0. The predicted octanol–water partition coefficient (Wildman–Crippen LogP) is 5.60. The Kier molecular flexibility index (Phi) is 5.92. The monoisotopic (exact) mass is 466 g/mol. The number of nitrogens with zero attached hydrogens (tertiary/aromatic N) is 2. The third-order valence-corrected chi connectivity index (χ3v) is 10.8. The number of aromatic nitrogens is 2. The van der Waals surface area contributed by atoms with Crippen molar-refractivity contribution in [3.05, 3.63) is 16.5 Å². The van der Waals surface area contributed by atoms with Crippen molar-refractivity contribution >= 4 is 23.3 Å². The van der Waals surface area contributed by atoms with Gasteiger partial charge >= 0.3 is 0 Å². The van der Waals surface area contributed by atoms with E-state index in [-0.39, 0.29) is 21.7 Å². The molecule has 0 aromatic carbocycles. The normalized spacial score (nSPS) is 33.6. The fourth-order valence-corrected chi connectivity index (χ4v) is 7.10. The van der Waals surface area contributed by atoms with Gasteiger partial charge in [0.1, 0.15) is 11.4 Å². The van der Waals surface area contributed by atoms with E-state index in [2.05, 4.69) is 91.4 Å². The second-order valence-corrected chi connectivity index (χ2v) is 13.1. The van der Waals surface area contributed by atoms with E-state index in [0.717, 1.165) is 0 Å². The lowest BCUT2D eigenvalue weighted by Crippen LogP contribution is -2.82. The molecule has 1 aliphatic carbocycles. The van der Waals surface area contributed by atoms with Crippen LogP contribution in [-0.2, 0) is 0 Å². The molecule has 1 aliphatic rings. The number of hydrogen-bond donors (Lipinski definition) is 3. The third-order valence-electron chi connectivity index (χ3n) is 10.7. The number of nitrogens with one attached hydrogen (secondary N) is 1. The quantitative estimate of drug-likeness (QED) is 0.503. The molecule has 0 bridgehead atoms. The molecule has 182 valence electrons. The molecule has 0 spiro atoms. The molecule has 1 aromatic heterocycles. The number of hydrogen-bond acceptors (Lipinski definition) is 5. The smallest absolute Gasteiger partial charge is 0.254 e. The van der Waals surface area contributed by atoms with Crippen LogP contribution in [0.1, 0.15) is 99.1 Å². The van der Waals surface area contributed by atoms with Crippen molar-refractivity contribution in [2.45, 2.75) is 101 Å². The van der Waals surface area contributed by atoms with E-state index in [9.17, 15) is 9.90 Å². The predicted molar refractivity (Wildman–Crippen MR) is 132 cm³/mol. The number of carbonyl (C=O) groups is 1. The Balaban J connectivity index is 2.94. The molecule has 0 saturated heterocycles. The van der Waals surface area contributed by atoms with Crippen LogP contribution >= 0.6 is 11.6 Å². The van der Waals surface area contributed by atoms with Crippen LogP contribution in [0, 0.1) is 34.0 Å². The first kappa shape index (κ1) is 26.8. The average Bonchev–Trinajstić information content (AvgIpc) is 2.56. The van der Waals surface area contributed by atoms with Crippen LogP contribution in [0.15, 0.2) is 0 Å². The van der Waals surface area contributed by atoms with Crippen LogP contribution < -0.4 is 11.1 Å². The summed E-state index contributed by atoms with van der Waals surface area (Å²) in [4.78, 5) is 20.8. The summed E-state index contributed by atoms with van der Waals surface area (Å²) in [6, 6.07) is 0. The van der Waals surface area contributed by atoms with Gasteiger partial charge < -0.3 is 16.2 Å². The lowest BCUT2D eigenvalue weighted by Gasteiger charge is -2.78. The standard InChI is InChI=1S/C25H43ClN4O2/c1-14-15(16(27)31)17(29-18(26)28-14)30-24(12)21(7,8)20(5,6)23(11,19(2,3)4)25(13,32)22(24,9)10/h32H,1-13H3,(H2,27,31)(H,28,29,30). The van der Waals surface area contributed by atoms with Crippen LogP contribution in [0.3, 0.4) is 0 Å². The third kappa shape index (κ3) is 2.91. The van der Waals surface area contributed by atoms with Gasteiger partial charge in [0.15, 0.2) is 0 Å². The maximum Gasteiger partial charge on any atom is 0.254 e. The Hall–Kier alpha value is -1.40. The number of carbonyl (C=O) groups excluding carboxylic acids is 1. The minimum absolute atomic E-state index is 0.0376. The Bertz CT molecular complexity index is 914. The topological polar surface area (TPSA) is 101 Å². The number of halogens is 1. The fraction of sp³-hybridized carbons (Fsp3) is 0.800. The SMILES string of the molecule is Cc1nc(Cl)nc(NC2(C)C(C)(C)C(C)(C)C(C)(C(C)(C)C)C(C)(O)C2(C)C)c1C(N)=O. The molecule has 0 radical (unpaired) electrons. The van der Waals surface area contributed by atoms with Crippen LogP contribution in [0.5, 0.6) is 0 Å². The van der Waals surface area contributed by atoms with Crippen LogP contribution in [0.25, 0.3) is 0 Å². The highest BCUT2D eigenvalue weighted by atomic mass is 35.5. The molecule has 7 heteroatoms. The van der Waals surface area contributed by atoms with Gasteiger partial charge in [0.05, 0.1) is 11.3 Å². The van der Waals surface area contributed by atoms with Crippen molar-refractivity contribution in [3.63, 3.8) is 0 Å². The van der Waals surface area contributed by atoms with Gasteiger partial charge in [-0.1, -0.05) is 69.2 Å². The number of aliphatic hydroxyl groups is 1. The first-order valence-corrected chi connectivity index (χ1v) is 11.7. The number of amides is 1. The Morgan fingerprint density at radius 2 is 1.41 bits per heavy atom. The van der Waals surface area contributed by atoms with Gasteiger partial charge in [-0.2, -0.15) is 4.98 Å². The van der Waals surface area contributed by atoms with Crippen LogP contribution in [0.4, 0.5) is 5.82 Å². The van der Waals surface area contributed by atoms with Crippen LogP contribution in [0.2, 0.25) is 5.28 Å². The molecular formula is C25H43ClN4O2. The fourth-order valence-electron chi connectivity index (χ4n) is 6.89. The highest BCUT2D eigenvalue weighted by Crippen LogP contribution is 2.76.